The lowest BCUT2D eigenvalue weighted by Crippen LogP contribution is -2.70. The predicted molar refractivity (Wildman–Crippen MR) is 95.4 cm³/mol. The maximum absolute atomic E-state index is 14.0. The molecule has 1 aliphatic carbocycles. The number of amides is 4. The van der Waals surface area contributed by atoms with Gasteiger partial charge in [0.15, 0.2) is 0 Å². The van der Waals surface area contributed by atoms with Crippen molar-refractivity contribution < 1.29 is 27.6 Å². The van der Waals surface area contributed by atoms with Gasteiger partial charge in [-0.3, -0.25) is 14.9 Å². The van der Waals surface area contributed by atoms with Crippen molar-refractivity contribution in [3.63, 3.8) is 0 Å². The van der Waals surface area contributed by atoms with Gasteiger partial charge in [0.1, 0.15) is 0 Å². The Kier molecular flexibility index (Phi) is 5.12. The zero-order valence-electron chi connectivity index (χ0n) is 15.7. The largest absolute Gasteiger partial charge is 0.440 e. The zero-order valence-corrected chi connectivity index (χ0v) is 15.7. The summed E-state index contributed by atoms with van der Waals surface area (Å²) < 4.78 is 41.9. The molecule has 1 atom stereocenters. The third-order valence-electron chi connectivity index (χ3n) is 5.55. The number of imide groups is 1. The van der Waals surface area contributed by atoms with Crippen LogP contribution in [0.3, 0.4) is 0 Å². The van der Waals surface area contributed by atoms with Gasteiger partial charge in [0.25, 0.3) is 11.6 Å². The first kappa shape index (κ1) is 20.2. The SMILES string of the molecule is Cc1cccc(N2C(=O)N[C@](NC(=O)C3CCCCC3)(C(F)(F)F)C2=O)c1C. The maximum Gasteiger partial charge on any atom is 0.440 e. The van der Waals surface area contributed by atoms with Crippen LogP contribution >= 0.6 is 0 Å². The molecule has 3 rings (SSSR count). The number of anilines is 1. The van der Waals surface area contributed by atoms with E-state index in [9.17, 15) is 27.6 Å². The molecule has 1 saturated carbocycles. The van der Waals surface area contributed by atoms with E-state index in [0.29, 0.717) is 28.9 Å². The standard InChI is InChI=1S/C19H22F3N3O3/c1-11-7-6-10-14(12(11)2)25-16(27)18(19(20,21)22,24-17(25)28)23-15(26)13-8-4-3-5-9-13/h6-7,10,13H,3-5,8-9H2,1-2H3,(H,23,26)(H,24,28)/t18-/m0/s1. The highest BCUT2D eigenvalue weighted by Crippen LogP contribution is 2.37. The molecule has 0 aromatic heterocycles. The maximum atomic E-state index is 14.0. The van der Waals surface area contributed by atoms with Gasteiger partial charge in [-0.15, -0.1) is 0 Å². The van der Waals surface area contributed by atoms with E-state index in [1.807, 2.05) is 5.32 Å². The molecule has 2 N–H and O–H groups in total. The highest BCUT2D eigenvalue weighted by atomic mass is 19.4. The number of halogens is 3. The molecule has 1 aromatic rings. The molecule has 6 nitrogen and oxygen atoms in total. The van der Waals surface area contributed by atoms with Crippen LogP contribution in [0.1, 0.15) is 43.2 Å². The summed E-state index contributed by atoms with van der Waals surface area (Å²) in [4.78, 5) is 38.2. The van der Waals surface area contributed by atoms with Crippen molar-refractivity contribution in [2.45, 2.75) is 57.8 Å². The Labute approximate surface area is 160 Å². The lowest BCUT2D eigenvalue weighted by Gasteiger charge is -2.32. The average Bonchev–Trinajstić information content (AvgIpc) is 2.89. The van der Waals surface area contributed by atoms with Gasteiger partial charge in [-0.1, -0.05) is 31.4 Å². The molecule has 9 heteroatoms. The van der Waals surface area contributed by atoms with Gasteiger partial charge in [0.2, 0.25) is 5.91 Å². The van der Waals surface area contributed by atoms with E-state index >= 15 is 0 Å². The summed E-state index contributed by atoms with van der Waals surface area (Å²) in [6.07, 6.45) is -1.87. The van der Waals surface area contributed by atoms with E-state index in [1.165, 1.54) is 6.07 Å². The number of nitrogens with zero attached hydrogens (tertiary/aromatic N) is 1. The number of carbonyl (C=O) groups is 3. The lowest BCUT2D eigenvalue weighted by atomic mass is 9.88. The van der Waals surface area contributed by atoms with E-state index in [4.69, 9.17) is 0 Å². The number of alkyl halides is 3. The monoisotopic (exact) mass is 397 g/mol. The number of benzene rings is 1. The van der Waals surface area contributed by atoms with E-state index in [2.05, 4.69) is 0 Å². The van der Waals surface area contributed by atoms with Crippen LogP contribution < -0.4 is 15.5 Å². The Balaban J connectivity index is 1.98. The second-order valence-corrected chi connectivity index (χ2v) is 7.36. The van der Waals surface area contributed by atoms with Crippen LogP contribution in [0, 0.1) is 19.8 Å². The topological polar surface area (TPSA) is 78.5 Å². The summed E-state index contributed by atoms with van der Waals surface area (Å²) in [5, 5.41) is 3.53. The van der Waals surface area contributed by atoms with Crippen LogP contribution in [-0.4, -0.2) is 29.7 Å². The minimum atomic E-state index is -5.20. The van der Waals surface area contributed by atoms with E-state index < -0.39 is 35.6 Å². The molecule has 1 aliphatic heterocycles. The molecule has 0 bridgehead atoms. The van der Waals surface area contributed by atoms with Gasteiger partial charge < -0.3 is 5.32 Å². The van der Waals surface area contributed by atoms with Crippen molar-refractivity contribution in [1.29, 1.82) is 0 Å². The van der Waals surface area contributed by atoms with E-state index in [1.54, 1.807) is 31.3 Å². The Bertz CT molecular complexity index is 818. The Morgan fingerprint density at radius 3 is 2.43 bits per heavy atom. The molecule has 2 aliphatic rings. The molecule has 152 valence electrons. The first-order valence-electron chi connectivity index (χ1n) is 9.20. The quantitative estimate of drug-likeness (QED) is 0.768. The summed E-state index contributed by atoms with van der Waals surface area (Å²) in [5.74, 6) is -3.02. The molecule has 1 saturated heterocycles. The van der Waals surface area contributed by atoms with Crippen molar-refractivity contribution in [3.05, 3.63) is 29.3 Å². The van der Waals surface area contributed by atoms with Crippen LogP contribution in [0.2, 0.25) is 0 Å². The van der Waals surface area contributed by atoms with E-state index in [0.717, 1.165) is 19.3 Å². The second kappa shape index (κ2) is 7.10. The molecule has 4 amide bonds. The van der Waals surface area contributed by atoms with Gasteiger partial charge in [-0.05, 0) is 43.9 Å². The number of carbonyl (C=O) groups excluding carboxylic acids is 3. The normalized spacial score (nSPS) is 23.7. The fourth-order valence-electron chi connectivity index (χ4n) is 3.73. The molecule has 2 fully saturated rings. The third kappa shape index (κ3) is 3.22. The van der Waals surface area contributed by atoms with Crippen molar-refractivity contribution in [2.24, 2.45) is 5.92 Å². The molecule has 0 spiro atoms. The van der Waals surface area contributed by atoms with Gasteiger partial charge in [-0.25, -0.2) is 9.69 Å². The summed E-state index contributed by atoms with van der Waals surface area (Å²) in [7, 11) is 0. The second-order valence-electron chi connectivity index (χ2n) is 7.36. The van der Waals surface area contributed by atoms with Gasteiger partial charge in [0, 0.05) is 5.92 Å². The third-order valence-corrected chi connectivity index (χ3v) is 5.55. The summed E-state index contributed by atoms with van der Waals surface area (Å²) in [6.45, 7) is 3.33. The Morgan fingerprint density at radius 2 is 1.82 bits per heavy atom. The van der Waals surface area contributed by atoms with Crippen LogP contribution in [0.4, 0.5) is 23.7 Å². The molecule has 28 heavy (non-hydrogen) atoms. The Hall–Kier alpha value is -2.58. The van der Waals surface area contributed by atoms with Crippen molar-refractivity contribution in [2.75, 3.05) is 4.90 Å². The average molecular weight is 397 g/mol. The Morgan fingerprint density at radius 1 is 1.18 bits per heavy atom. The number of nitrogens with one attached hydrogen (secondary N) is 2. The zero-order chi connectivity index (χ0) is 20.7. The number of hydrogen-bond donors (Lipinski definition) is 2. The minimum Gasteiger partial charge on any atom is -0.318 e. The van der Waals surface area contributed by atoms with Crippen LogP contribution in [0.25, 0.3) is 0 Å². The number of rotatable bonds is 3. The minimum absolute atomic E-state index is 0.0561. The predicted octanol–water partition coefficient (Wildman–Crippen LogP) is 3.31. The van der Waals surface area contributed by atoms with Gasteiger partial charge in [-0.2, -0.15) is 13.2 Å². The van der Waals surface area contributed by atoms with Crippen molar-refractivity contribution in [3.8, 4) is 0 Å². The molecule has 0 unspecified atom stereocenters. The summed E-state index contributed by atoms with van der Waals surface area (Å²) in [6, 6.07) is 3.45. The van der Waals surface area contributed by atoms with Crippen LogP contribution in [-0.2, 0) is 9.59 Å². The van der Waals surface area contributed by atoms with Crippen LogP contribution in [0.15, 0.2) is 18.2 Å². The first-order chi connectivity index (χ1) is 13.1. The molecule has 1 aromatic carbocycles. The smallest absolute Gasteiger partial charge is 0.318 e. The molecular formula is C19H22F3N3O3. The highest BCUT2D eigenvalue weighted by molar-refractivity contribution is 6.24. The van der Waals surface area contributed by atoms with Crippen LogP contribution in [0.5, 0.6) is 0 Å². The molecular weight excluding hydrogens is 375 g/mol. The summed E-state index contributed by atoms with van der Waals surface area (Å²) >= 11 is 0. The fraction of sp³-hybridized carbons (Fsp3) is 0.526. The first-order valence-corrected chi connectivity index (χ1v) is 9.20. The fourth-order valence-corrected chi connectivity index (χ4v) is 3.73. The molecule has 1 heterocycles. The number of hydrogen-bond acceptors (Lipinski definition) is 3. The lowest BCUT2D eigenvalue weighted by molar-refractivity contribution is -0.202. The van der Waals surface area contributed by atoms with Crippen molar-refractivity contribution in [1.82, 2.24) is 10.6 Å². The number of aryl methyl sites for hydroxylation is 1. The number of urea groups is 1. The van der Waals surface area contributed by atoms with Gasteiger partial charge >= 0.3 is 12.2 Å². The van der Waals surface area contributed by atoms with Crippen molar-refractivity contribution >= 4 is 23.5 Å². The highest BCUT2D eigenvalue weighted by Gasteiger charge is 2.69. The van der Waals surface area contributed by atoms with Gasteiger partial charge in [0.05, 0.1) is 5.69 Å². The molecule has 0 radical (unpaired) electrons. The summed E-state index contributed by atoms with van der Waals surface area (Å²) in [5.41, 5.74) is -2.19. The van der Waals surface area contributed by atoms with E-state index in [-0.39, 0.29) is 5.69 Å².